The van der Waals surface area contributed by atoms with Gasteiger partial charge in [0.25, 0.3) is 0 Å². The molecule has 20 heavy (non-hydrogen) atoms. The average molecular weight is 271 g/mol. The fraction of sp³-hybridized carbons (Fsp3) is 0.500. The lowest BCUT2D eigenvalue weighted by atomic mass is 9.94. The summed E-state index contributed by atoms with van der Waals surface area (Å²) in [6, 6.07) is 9.49. The minimum Gasteiger partial charge on any atom is -0.327 e. The Morgan fingerprint density at radius 1 is 1.25 bits per heavy atom. The summed E-state index contributed by atoms with van der Waals surface area (Å²) in [5.74, 6) is -0.0660. The highest BCUT2D eigenvalue weighted by Gasteiger charge is 2.26. The Kier molecular flexibility index (Phi) is 5.14. The molecule has 4 nitrogen and oxygen atoms in total. The Balaban J connectivity index is 1.97. The largest absolute Gasteiger partial charge is 0.327 e. The van der Waals surface area contributed by atoms with E-state index >= 15 is 0 Å². The molecule has 0 heterocycles. The number of amides is 1. The molecule has 0 radical (unpaired) electrons. The zero-order chi connectivity index (χ0) is 14.4. The molecule has 1 aromatic carbocycles. The Morgan fingerprint density at radius 2 is 1.95 bits per heavy atom. The molecule has 4 heteroatoms. The van der Waals surface area contributed by atoms with Gasteiger partial charge in [0.1, 0.15) is 0 Å². The zero-order valence-corrected chi connectivity index (χ0v) is 11.6. The van der Waals surface area contributed by atoms with Crippen molar-refractivity contribution in [2.24, 2.45) is 11.7 Å². The van der Waals surface area contributed by atoms with Crippen LogP contribution in [0.3, 0.4) is 0 Å². The van der Waals surface area contributed by atoms with Gasteiger partial charge in [0.15, 0.2) is 0 Å². The number of carbonyl (C=O) groups excluding carboxylic acids is 1. The van der Waals surface area contributed by atoms with Crippen molar-refractivity contribution in [1.82, 2.24) is 0 Å². The predicted molar refractivity (Wildman–Crippen MR) is 78.9 cm³/mol. The third kappa shape index (κ3) is 3.82. The van der Waals surface area contributed by atoms with Gasteiger partial charge in [-0.05, 0) is 30.5 Å². The van der Waals surface area contributed by atoms with Gasteiger partial charge in [-0.2, -0.15) is 5.26 Å². The monoisotopic (exact) mass is 271 g/mol. The minimum atomic E-state index is -0.0868. The van der Waals surface area contributed by atoms with Gasteiger partial charge in [0, 0.05) is 11.7 Å². The molecule has 0 aliphatic heterocycles. The summed E-state index contributed by atoms with van der Waals surface area (Å²) in [4.78, 5) is 12.3. The number of hydrogen-bond donors (Lipinski definition) is 2. The van der Waals surface area contributed by atoms with Gasteiger partial charge in [-0.1, -0.05) is 31.4 Å². The number of nitrogens with zero attached hydrogens (tertiary/aromatic N) is 1. The van der Waals surface area contributed by atoms with Crippen molar-refractivity contribution in [3.63, 3.8) is 0 Å². The van der Waals surface area contributed by atoms with Crippen LogP contribution in [0.15, 0.2) is 24.3 Å². The summed E-state index contributed by atoms with van der Waals surface area (Å²) < 4.78 is 0. The smallest absolute Gasteiger partial charge is 0.229 e. The Bertz CT molecular complexity index is 489. The summed E-state index contributed by atoms with van der Waals surface area (Å²) >= 11 is 0. The normalized spacial score (nSPS) is 22.6. The molecule has 1 aromatic rings. The maximum absolute atomic E-state index is 12.3. The van der Waals surface area contributed by atoms with E-state index in [1.165, 1.54) is 6.42 Å². The second-order valence-electron chi connectivity index (χ2n) is 5.43. The topological polar surface area (TPSA) is 78.9 Å². The van der Waals surface area contributed by atoms with Crippen LogP contribution in [-0.2, 0) is 11.2 Å². The molecule has 0 bridgehead atoms. The molecule has 0 aromatic heterocycles. The van der Waals surface area contributed by atoms with E-state index in [-0.39, 0.29) is 17.9 Å². The van der Waals surface area contributed by atoms with Gasteiger partial charge in [-0.25, -0.2) is 0 Å². The highest BCUT2D eigenvalue weighted by atomic mass is 16.1. The number of hydrogen-bond acceptors (Lipinski definition) is 3. The molecule has 1 fully saturated rings. The fourth-order valence-electron chi connectivity index (χ4n) is 2.69. The molecular weight excluding hydrogens is 250 g/mol. The number of nitriles is 1. The molecule has 0 saturated heterocycles. The van der Waals surface area contributed by atoms with Crippen molar-refractivity contribution in [2.75, 3.05) is 5.32 Å². The standard InChI is InChI=1S/C16H21N3O/c17-11-10-12-6-8-13(9-7-12)19-16(20)14-4-2-1-3-5-15(14)18/h6-9,14-15H,1-5,10,18H2,(H,19,20). The molecule has 1 amide bonds. The van der Waals surface area contributed by atoms with E-state index in [0.29, 0.717) is 6.42 Å². The van der Waals surface area contributed by atoms with E-state index in [0.717, 1.165) is 36.9 Å². The summed E-state index contributed by atoms with van der Waals surface area (Å²) in [7, 11) is 0. The summed E-state index contributed by atoms with van der Waals surface area (Å²) in [6.07, 6.45) is 5.56. The molecule has 2 atom stereocenters. The van der Waals surface area contributed by atoms with Gasteiger partial charge in [-0.15, -0.1) is 0 Å². The lowest BCUT2D eigenvalue weighted by Gasteiger charge is -2.20. The van der Waals surface area contributed by atoms with E-state index < -0.39 is 0 Å². The van der Waals surface area contributed by atoms with Gasteiger partial charge in [-0.3, -0.25) is 4.79 Å². The molecule has 1 aliphatic carbocycles. The molecule has 1 saturated carbocycles. The van der Waals surface area contributed by atoms with Crippen LogP contribution >= 0.6 is 0 Å². The number of rotatable bonds is 3. The minimum absolute atomic E-state index is 0.0208. The molecule has 0 spiro atoms. The van der Waals surface area contributed by atoms with Crippen LogP contribution in [0, 0.1) is 17.2 Å². The average Bonchev–Trinajstić information content (AvgIpc) is 2.66. The van der Waals surface area contributed by atoms with Crippen molar-refractivity contribution in [3.05, 3.63) is 29.8 Å². The van der Waals surface area contributed by atoms with Crippen LogP contribution < -0.4 is 11.1 Å². The van der Waals surface area contributed by atoms with E-state index in [1.807, 2.05) is 24.3 Å². The van der Waals surface area contributed by atoms with Crippen molar-refractivity contribution >= 4 is 11.6 Å². The van der Waals surface area contributed by atoms with Crippen molar-refractivity contribution in [2.45, 2.75) is 44.6 Å². The molecule has 2 unspecified atom stereocenters. The van der Waals surface area contributed by atoms with E-state index in [9.17, 15) is 4.79 Å². The molecule has 2 rings (SSSR count). The first kappa shape index (κ1) is 14.5. The zero-order valence-electron chi connectivity index (χ0n) is 11.6. The van der Waals surface area contributed by atoms with Crippen LogP contribution in [0.4, 0.5) is 5.69 Å². The number of anilines is 1. The first-order valence-electron chi connectivity index (χ1n) is 7.23. The van der Waals surface area contributed by atoms with Gasteiger partial charge < -0.3 is 11.1 Å². The highest BCUT2D eigenvalue weighted by Crippen LogP contribution is 2.23. The van der Waals surface area contributed by atoms with Crippen LogP contribution in [0.25, 0.3) is 0 Å². The molecule has 3 N–H and O–H groups in total. The van der Waals surface area contributed by atoms with Gasteiger partial charge in [0.2, 0.25) is 5.91 Å². The predicted octanol–water partition coefficient (Wildman–Crippen LogP) is 2.60. The number of carbonyl (C=O) groups is 1. The van der Waals surface area contributed by atoms with Crippen LogP contribution in [0.1, 0.15) is 37.7 Å². The first-order valence-corrected chi connectivity index (χ1v) is 7.23. The number of nitrogens with one attached hydrogen (secondary N) is 1. The Morgan fingerprint density at radius 3 is 2.65 bits per heavy atom. The Hall–Kier alpha value is -1.86. The Labute approximate surface area is 120 Å². The first-order chi connectivity index (χ1) is 9.70. The fourth-order valence-corrected chi connectivity index (χ4v) is 2.69. The summed E-state index contributed by atoms with van der Waals surface area (Å²) in [6.45, 7) is 0. The number of benzene rings is 1. The quantitative estimate of drug-likeness (QED) is 0.829. The van der Waals surface area contributed by atoms with Crippen molar-refractivity contribution < 1.29 is 4.79 Å². The van der Waals surface area contributed by atoms with Crippen LogP contribution in [0.2, 0.25) is 0 Å². The van der Waals surface area contributed by atoms with Gasteiger partial charge >= 0.3 is 0 Å². The van der Waals surface area contributed by atoms with Crippen molar-refractivity contribution in [1.29, 1.82) is 5.26 Å². The van der Waals surface area contributed by atoms with Crippen molar-refractivity contribution in [3.8, 4) is 6.07 Å². The lowest BCUT2D eigenvalue weighted by Crippen LogP contribution is -2.37. The highest BCUT2D eigenvalue weighted by molar-refractivity contribution is 5.93. The third-order valence-electron chi connectivity index (χ3n) is 3.91. The number of nitrogens with two attached hydrogens (primary N) is 1. The maximum Gasteiger partial charge on any atom is 0.229 e. The summed E-state index contributed by atoms with van der Waals surface area (Å²) in [5.41, 5.74) is 7.83. The second kappa shape index (κ2) is 7.06. The van der Waals surface area contributed by atoms with Crippen LogP contribution in [-0.4, -0.2) is 11.9 Å². The molecule has 1 aliphatic rings. The lowest BCUT2D eigenvalue weighted by molar-refractivity contribution is -0.120. The van der Waals surface area contributed by atoms with E-state index in [2.05, 4.69) is 11.4 Å². The van der Waals surface area contributed by atoms with E-state index in [1.54, 1.807) is 0 Å². The van der Waals surface area contributed by atoms with Gasteiger partial charge in [0.05, 0.1) is 18.4 Å². The van der Waals surface area contributed by atoms with Crippen LogP contribution in [0.5, 0.6) is 0 Å². The third-order valence-corrected chi connectivity index (χ3v) is 3.91. The second-order valence-corrected chi connectivity index (χ2v) is 5.43. The maximum atomic E-state index is 12.3. The summed E-state index contributed by atoms with van der Waals surface area (Å²) in [5, 5.41) is 11.6. The van der Waals surface area contributed by atoms with E-state index in [4.69, 9.17) is 11.0 Å². The molecule has 106 valence electrons. The molecular formula is C16H21N3O. The SMILES string of the molecule is N#CCc1ccc(NC(=O)C2CCCCCC2N)cc1.